The van der Waals surface area contributed by atoms with Crippen molar-refractivity contribution in [2.75, 3.05) is 12.4 Å². The van der Waals surface area contributed by atoms with Gasteiger partial charge in [0.05, 0.1) is 11.3 Å². The van der Waals surface area contributed by atoms with Crippen LogP contribution in [0.5, 0.6) is 0 Å². The van der Waals surface area contributed by atoms with Crippen LogP contribution in [0.25, 0.3) is 6.08 Å². The summed E-state index contributed by atoms with van der Waals surface area (Å²) in [6.07, 6.45) is 2.96. The van der Waals surface area contributed by atoms with Crippen LogP contribution in [-0.2, 0) is 4.79 Å². The lowest BCUT2D eigenvalue weighted by atomic mass is 10.1. The maximum absolute atomic E-state index is 12.3. The molecule has 0 saturated carbocycles. The highest BCUT2D eigenvalue weighted by atomic mass is 35.5. The van der Waals surface area contributed by atoms with Gasteiger partial charge in [-0.1, -0.05) is 23.7 Å². The molecule has 0 fully saturated rings. The van der Waals surface area contributed by atoms with E-state index in [-0.39, 0.29) is 17.9 Å². The molecule has 2 aromatic carbocycles. The van der Waals surface area contributed by atoms with E-state index in [4.69, 9.17) is 11.6 Å². The van der Waals surface area contributed by atoms with E-state index < -0.39 is 5.91 Å². The second-order valence-corrected chi connectivity index (χ2v) is 6.78. The van der Waals surface area contributed by atoms with Crippen molar-refractivity contribution in [3.8, 4) is 0 Å². The maximum Gasteiger partial charge on any atom is 0.253 e. The van der Waals surface area contributed by atoms with Gasteiger partial charge in [-0.25, -0.2) is 0 Å². The molecule has 146 valence electrons. The van der Waals surface area contributed by atoms with Crippen LogP contribution < -0.4 is 16.0 Å². The van der Waals surface area contributed by atoms with Crippen molar-refractivity contribution >= 4 is 41.1 Å². The van der Waals surface area contributed by atoms with E-state index >= 15 is 0 Å². The summed E-state index contributed by atoms with van der Waals surface area (Å²) in [6, 6.07) is 11.5. The number of hydrogen-bond acceptors (Lipinski definition) is 3. The SMILES string of the molecule is CNC(=O)c1ccc(C=CC(=O)Nc2cc(Cl)ccc2C(=O)NC(C)C)cc1. The first-order valence-electron chi connectivity index (χ1n) is 8.71. The highest BCUT2D eigenvalue weighted by Crippen LogP contribution is 2.21. The number of benzene rings is 2. The summed E-state index contributed by atoms with van der Waals surface area (Å²) in [7, 11) is 1.56. The molecule has 0 atom stereocenters. The summed E-state index contributed by atoms with van der Waals surface area (Å²) in [6.45, 7) is 3.70. The number of nitrogens with one attached hydrogen (secondary N) is 3. The van der Waals surface area contributed by atoms with Crippen LogP contribution in [0.15, 0.2) is 48.5 Å². The lowest BCUT2D eigenvalue weighted by Crippen LogP contribution is -2.31. The summed E-state index contributed by atoms with van der Waals surface area (Å²) in [5.41, 5.74) is 1.94. The van der Waals surface area contributed by atoms with Gasteiger partial charge in [-0.15, -0.1) is 0 Å². The van der Waals surface area contributed by atoms with Crippen LogP contribution in [0, 0.1) is 0 Å². The van der Waals surface area contributed by atoms with Gasteiger partial charge in [-0.3, -0.25) is 14.4 Å². The second kappa shape index (κ2) is 9.71. The van der Waals surface area contributed by atoms with Gasteiger partial charge in [-0.2, -0.15) is 0 Å². The fourth-order valence-electron chi connectivity index (χ4n) is 2.39. The largest absolute Gasteiger partial charge is 0.355 e. The molecule has 3 amide bonds. The number of carbonyl (C=O) groups excluding carboxylic acids is 3. The highest BCUT2D eigenvalue weighted by Gasteiger charge is 2.14. The normalized spacial score (nSPS) is 10.8. The Morgan fingerprint density at radius 2 is 1.68 bits per heavy atom. The van der Waals surface area contributed by atoms with Gasteiger partial charge in [-0.05, 0) is 55.8 Å². The molecular weight excluding hydrogens is 378 g/mol. The Balaban J connectivity index is 2.12. The summed E-state index contributed by atoms with van der Waals surface area (Å²) < 4.78 is 0. The molecule has 0 radical (unpaired) electrons. The average molecular weight is 400 g/mol. The Morgan fingerprint density at radius 3 is 2.29 bits per heavy atom. The third kappa shape index (κ3) is 5.96. The van der Waals surface area contributed by atoms with Gasteiger partial charge < -0.3 is 16.0 Å². The van der Waals surface area contributed by atoms with E-state index in [9.17, 15) is 14.4 Å². The highest BCUT2D eigenvalue weighted by molar-refractivity contribution is 6.31. The zero-order chi connectivity index (χ0) is 20.7. The number of hydrogen-bond donors (Lipinski definition) is 3. The minimum atomic E-state index is -0.406. The molecule has 28 heavy (non-hydrogen) atoms. The van der Waals surface area contributed by atoms with E-state index in [0.717, 1.165) is 5.56 Å². The van der Waals surface area contributed by atoms with Gasteiger partial charge in [0, 0.05) is 29.8 Å². The van der Waals surface area contributed by atoms with E-state index in [1.54, 1.807) is 49.5 Å². The van der Waals surface area contributed by atoms with E-state index in [2.05, 4.69) is 16.0 Å². The molecule has 2 rings (SSSR count). The zero-order valence-corrected chi connectivity index (χ0v) is 16.6. The average Bonchev–Trinajstić information content (AvgIpc) is 2.65. The summed E-state index contributed by atoms with van der Waals surface area (Å²) in [4.78, 5) is 36.1. The molecule has 0 spiro atoms. The molecule has 3 N–H and O–H groups in total. The van der Waals surface area contributed by atoms with E-state index in [0.29, 0.717) is 21.8 Å². The maximum atomic E-state index is 12.3. The van der Waals surface area contributed by atoms with Gasteiger partial charge in [0.15, 0.2) is 0 Å². The molecular formula is C21H22ClN3O3. The fraction of sp³-hybridized carbons (Fsp3) is 0.190. The van der Waals surface area contributed by atoms with Crippen molar-refractivity contribution in [2.45, 2.75) is 19.9 Å². The molecule has 2 aromatic rings. The van der Waals surface area contributed by atoms with Gasteiger partial charge in [0.1, 0.15) is 0 Å². The topological polar surface area (TPSA) is 87.3 Å². The lowest BCUT2D eigenvalue weighted by molar-refractivity contribution is -0.111. The first kappa shape index (κ1) is 21.2. The molecule has 0 aliphatic heterocycles. The van der Waals surface area contributed by atoms with Crippen LogP contribution >= 0.6 is 11.6 Å². The summed E-state index contributed by atoms with van der Waals surface area (Å²) in [5, 5.41) is 8.42. The second-order valence-electron chi connectivity index (χ2n) is 6.34. The minimum Gasteiger partial charge on any atom is -0.355 e. The number of anilines is 1. The third-order valence-corrected chi connectivity index (χ3v) is 3.97. The first-order valence-corrected chi connectivity index (χ1v) is 9.09. The van der Waals surface area contributed by atoms with Crippen molar-refractivity contribution in [3.63, 3.8) is 0 Å². The molecule has 0 heterocycles. The smallest absolute Gasteiger partial charge is 0.253 e. The van der Waals surface area contributed by atoms with Crippen molar-refractivity contribution in [1.29, 1.82) is 0 Å². The summed E-state index contributed by atoms with van der Waals surface area (Å²) in [5.74, 6) is -0.881. The quantitative estimate of drug-likeness (QED) is 0.650. The Bertz CT molecular complexity index is 906. The monoisotopic (exact) mass is 399 g/mol. The molecule has 0 unspecified atom stereocenters. The lowest BCUT2D eigenvalue weighted by Gasteiger charge is -2.13. The molecule has 6 nitrogen and oxygen atoms in total. The Labute approximate surface area is 169 Å². The van der Waals surface area contributed by atoms with Crippen LogP contribution in [-0.4, -0.2) is 30.8 Å². The number of amides is 3. The molecule has 0 aliphatic carbocycles. The van der Waals surface area contributed by atoms with Gasteiger partial charge in [0.2, 0.25) is 5.91 Å². The molecule has 0 bridgehead atoms. The molecule has 7 heteroatoms. The molecule has 0 aliphatic rings. The van der Waals surface area contributed by atoms with Crippen molar-refractivity contribution in [3.05, 3.63) is 70.3 Å². The molecule has 0 aromatic heterocycles. The van der Waals surface area contributed by atoms with E-state index in [1.807, 2.05) is 13.8 Å². The van der Waals surface area contributed by atoms with Gasteiger partial charge >= 0.3 is 0 Å². The van der Waals surface area contributed by atoms with Crippen LogP contribution in [0.1, 0.15) is 40.1 Å². The third-order valence-electron chi connectivity index (χ3n) is 3.73. The fourth-order valence-corrected chi connectivity index (χ4v) is 2.57. The predicted octanol–water partition coefficient (Wildman–Crippen LogP) is 3.49. The predicted molar refractivity (Wildman–Crippen MR) is 112 cm³/mol. The van der Waals surface area contributed by atoms with E-state index in [1.165, 1.54) is 12.1 Å². The van der Waals surface area contributed by atoms with Gasteiger partial charge in [0.25, 0.3) is 11.8 Å². The van der Waals surface area contributed by atoms with Crippen LogP contribution in [0.2, 0.25) is 5.02 Å². The zero-order valence-electron chi connectivity index (χ0n) is 15.9. The number of rotatable bonds is 6. The molecule has 0 saturated heterocycles. The standard InChI is InChI=1S/C21H22ClN3O3/c1-13(2)24-21(28)17-10-9-16(22)12-18(17)25-19(26)11-6-14-4-7-15(8-5-14)20(27)23-3/h4-13H,1-3H3,(H,23,27)(H,24,28)(H,25,26). The minimum absolute atomic E-state index is 0.0376. The number of halogens is 1. The van der Waals surface area contributed by atoms with Crippen LogP contribution in [0.4, 0.5) is 5.69 Å². The Kier molecular flexibility index (Phi) is 7.35. The number of carbonyl (C=O) groups is 3. The van der Waals surface area contributed by atoms with Crippen LogP contribution in [0.3, 0.4) is 0 Å². The first-order chi connectivity index (χ1) is 13.3. The van der Waals surface area contributed by atoms with Crippen molar-refractivity contribution in [1.82, 2.24) is 10.6 Å². The van der Waals surface area contributed by atoms with Crippen molar-refractivity contribution in [2.24, 2.45) is 0 Å². The Morgan fingerprint density at radius 1 is 1.00 bits per heavy atom. The Hall–Kier alpha value is -3.12. The van der Waals surface area contributed by atoms with Crippen molar-refractivity contribution < 1.29 is 14.4 Å². The summed E-state index contributed by atoms with van der Waals surface area (Å²) >= 11 is 6.00.